The van der Waals surface area contributed by atoms with Crippen LogP contribution in [-0.2, 0) is 0 Å². The Hall–Kier alpha value is -3.42. The number of rotatable bonds is 4. The monoisotopic (exact) mass is 308 g/mol. The van der Waals surface area contributed by atoms with Crippen molar-refractivity contribution >= 4 is 17.9 Å². The highest BCUT2D eigenvalue weighted by molar-refractivity contribution is 5.81. The highest BCUT2D eigenvalue weighted by atomic mass is 16.7. The van der Waals surface area contributed by atoms with Crippen LogP contribution >= 0.6 is 0 Å². The molecular weight excluding hydrogens is 296 g/mol. The van der Waals surface area contributed by atoms with Crippen LogP contribution in [-0.4, -0.2) is 33.3 Å². The molecule has 1 aliphatic heterocycles. The molecule has 1 aliphatic rings. The third-order valence-corrected chi connectivity index (χ3v) is 3.20. The molecule has 23 heavy (non-hydrogen) atoms. The van der Waals surface area contributed by atoms with Crippen LogP contribution in [0.2, 0.25) is 0 Å². The second kappa shape index (κ2) is 5.76. The van der Waals surface area contributed by atoms with E-state index in [-0.39, 0.29) is 6.79 Å². The number of hydrogen-bond acceptors (Lipinski definition) is 7. The van der Waals surface area contributed by atoms with Gasteiger partial charge in [-0.05, 0) is 46.3 Å². The minimum Gasteiger partial charge on any atom is -0.454 e. The van der Waals surface area contributed by atoms with Crippen molar-refractivity contribution in [3.05, 3.63) is 54.1 Å². The molecule has 0 radical (unpaired) electrons. The van der Waals surface area contributed by atoms with Gasteiger partial charge in [-0.2, -0.15) is 5.10 Å². The van der Waals surface area contributed by atoms with E-state index in [1.54, 1.807) is 6.21 Å². The first-order valence-corrected chi connectivity index (χ1v) is 6.93. The average molecular weight is 308 g/mol. The number of nitrogens with one attached hydrogen (secondary N) is 1. The van der Waals surface area contributed by atoms with Crippen molar-refractivity contribution in [1.29, 1.82) is 0 Å². The van der Waals surface area contributed by atoms with Crippen LogP contribution < -0.4 is 14.8 Å². The number of anilines is 2. The molecule has 4 rings (SSSR count). The highest BCUT2D eigenvalue weighted by Gasteiger charge is 2.12. The molecule has 0 spiro atoms. The fourth-order valence-electron chi connectivity index (χ4n) is 2.10. The zero-order chi connectivity index (χ0) is 15.5. The predicted octanol–water partition coefficient (Wildman–Crippen LogP) is 2.03. The maximum absolute atomic E-state index is 5.34. The number of fused-ring (bicyclic) bond motifs is 1. The van der Waals surface area contributed by atoms with E-state index in [1.165, 1.54) is 4.79 Å². The quantitative estimate of drug-likeness (QED) is 0.742. The summed E-state index contributed by atoms with van der Waals surface area (Å²) in [4.78, 5) is 1.32. The Labute approximate surface area is 131 Å². The standard InChI is InChI=1S/C15H12N6O2/c1-2-4-12(5-3-1)17-15-18-19-20-21(15)16-9-11-6-7-13-14(8-11)23-10-22-13/h1-9H,10H2,(H,17,18,20)/b16-9+. The van der Waals surface area contributed by atoms with Crippen LogP contribution in [0, 0.1) is 0 Å². The minimum absolute atomic E-state index is 0.244. The zero-order valence-electron chi connectivity index (χ0n) is 12.0. The molecule has 0 aliphatic carbocycles. The number of ether oxygens (including phenoxy) is 2. The highest BCUT2D eigenvalue weighted by Crippen LogP contribution is 2.32. The van der Waals surface area contributed by atoms with Crippen molar-refractivity contribution in [2.45, 2.75) is 0 Å². The summed E-state index contributed by atoms with van der Waals surface area (Å²) in [6.45, 7) is 0.244. The molecule has 2 heterocycles. The van der Waals surface area contributed by atoms with E-state index in [0.29, 0.717) is 11.7 Å². The van der Waals surface area contributed by atoms with E-state index in [9.17, 15) is 0 Å². The first kappa shape index (κ1) is 13.3. The van der Waals surface area contributed by atoms with Crippen molar-refractivity contribution < 1.29 is 9.47 Å². The van der Waals surface area contributed by atoms with E-state index in [1.807, 2.05) is 48.5 Å². The predicted molar refractivity (Wildman–Crippen MR) is 83.1 cm³/mol. The molecule has 0 atom stereocenters. The van der Waals surface area contributed by atoms with Crippen LogP contribution in [0.5, 0.6) is 11.5 Å². The Morgan fingerprint density at radius 2 is 1.96 bits per heavy atom. The van der Waals surface area contributed by atoms with Crippen molar-refractivity contribution in [2.24, 2.45) is 5.10 Å². The molecule has 0 saturated carbocycles. The molecule has 0 amide bonds. The lowest BCUT2D eigenvalue weighted by Gasteiger charge is -2.02. The van der Waals surface area contributed by atoms with E-state index < -0.39 is 0 Å². The second-order valence-corrected chi connectivity index (χ2v) is 4.74. The lowest BCUT2D eigenvalue weighted by Crippen LogP contribution is -2.01. The number of benzene rings is 2. The number of para-hydroxylation sites is 1. The van der Waals surface area contributed by atoms with Crippen molar-refractivity contribution in [2.75, 3.05) is 12.1 Å². The molecule has 0 saturated heterocycles. The fraction of sp³-hybridized carbons (Fsp3) is 0.0667. The van der Waals surface area contributed by atoms with Gasteiger partial charge in [0.05, 0.1) is 6.21 Å². The van der Waals surface area contributed by atoms with Gasteiger partial charge in [-0.1, -0.05) is 28.1 Å². The van der Waals surface area contributed by atoms with Crippen LogP contribution in [0.15, 0.2) is 53.6 Å². The summed E-state index contributed by atoms with van der Waals surface area (Å²) >= 11 is 0. The Morgan fingerprint density at radius 3 is 2.87 bits per heavy atom. The second-order valence-electron chi connectivity index (χ2n) is 4.74. The summed E-state index contributed by atoms with van der Waals surface area (Å²) in [5.41, 5.74) is 1.73. The van der Waals surface area contributed by atoms with Crippen molar-refractivity contribution in [3.63, 3.8) is 0 Å². The maximum atomic E-state index is 5.34. The van der Waals surface area contributed by atoms with Crippen LogP contribution in [0.3, 0.4) is 0 Å². The van der Waals surface area contributed by atoms with E-state index in [2.05, 4.69) is 25.9 Å². The summed E-state index contributed by atoms with van der Waals surface area (Å²) in [5, 5.41) is 18.7. The van der Waals surface area contributed by atoms with Crippen LogP contribution in [0.4, 0.5) is 11.6 Å². The Bertz CT molecular complexity index is 846. The summed E-state index contributed by atoms with van der Waals surface area (Å²) in [6.07, 6.45) is 1.65. The van der Waals surface area contributed by atoms with Gasteiger partial charge in [0.2, 0.25) is 6.79 Å². The molecule has 0 unspecified atom stereocenters. The lowest BCUT2D eigenvalue weighted by atomic mass is 10.2. The Kier molecular flexibility index (Phi) is 3.32. The van der Waals surface area contributed by atoms with E-state index in [4.69, 9.17) is 9.47 Å². The number of tetrazole rings is 1. The third kappa shape index (κ3) is 2.82. The fourth-order valence-corrected chi connectivity index (χ4v) is 2.10. The van der Waals surface area contributed by atoms with Crippen molar-refractivity contribution in [1.82, 2.24) is 20.3 Å². The minimum atomic E-state index is 0.244. The smallest absolute Gasteiger partial charge is 0.269 e. The van der Waals surface area contributed by atoms with Gasteiger partial charge in [-0.15, -0.1) is 0 Å². The van der Waals surface area contributed by atoms with Gasteiger partial charge < -0.3 is 14.8 Å². The first-order valence-electron chi connectivity index (χ1n) is 6.93. The summed E-state index contributed by atoms with van der Waals surface area (Å²) in [7, 11) is 0. The maximum Gasteiger partial charge on any atom is 0.269 e. The molecule has 2 aromatic carbocycles. The molecular formula is C15H12N6O2. The lowest BCUT2D eigenvalue weighted by molar-refractivity contribution is 0.174. The normalized spacial score (nSPS) is 12.7. The average Bonchev–Trinajstić information content (AvgIpc) is 3.22. The largest absolute Gasteiger partial charge is 0.454 e. The molecule has 114 valence electrons. The molecule has 3 aromatic rings. The zero-order valence-corrected chi connectivity index (χ0v) is 12.0. The topological polar surface area (TPSA) is 86.5 Å². The molecule has 1 aromatic heterocycles. The summed E-state index contributed by atoms with van der Waals surface area (Å²) < 4.78 is 10.6. The molecule has 0 fully saturated rings. The van der Waals surface area contributed by atoms with Gasteiger partial charge in [0.1, 0.15) is 0 Å². The number of hydrogen-bond donors (Lipinski definition) is 1. The number of nitrogens with zero attached hydrogens (tertiary/aromatic N) is 5. The van der Waals surface area contributed by atoms with Crippen molar-refractivity contribution in [3.8, 4) is 11.5 Å². The SMILES string of the molecule is C(=N\n1nnnc1Nc1ccccc1)/c1ccc2c(c1)OCO2. The van der Waals surface area contributed by atoms with Crippen LogP contribution in [0.25, 0.3) is 0 Å². The third-order valence-electron chi connectivity index (χ3n) is 3.20. The van der Waals surface area contributed by atoms with Gasteiger partial charge in [-0.3, -0.25) is 0 Å². The molecule has 1 N–H and O–H groups in total. The van der Waals surface area contributed by atoms with Gasteiger partial charge in [0.25, 0.3) is 5.95 Å². The Balaban J connectivity index is 1.54. The number of aromatic nitrogens is 4. The van der Waals surface area contributed by atoms with E-state index >= 15 is 0 Å². The molecule has 8 heteroatoms. The molecule has 0 bridgehead atoms. The molecule has 8 nitrogen and oxygen atoms in total. The van der Waals surface area contributed by atoms with Gasteiger partial charge in [0, 0.05) is 5.69 Å². The Morgan fingerprint density at radius 1 is 1.09 bits per heavy atom. The van der Waals surface area contributed by atoms with Gasteiger partial charge in [0.15, 0.2) is 11.5 Å². The van der Waals surface area contributed by atoms with Crippen LogP contribution in [0.1, 0.15) is 5.56 Å². The summed E-state index contributed by atoms with van der Waals surface area (Å²) in [6, 6.07) is 15.2. The van der Waals surface area contributed by atoms with E-state index in [0.717, 1.165) is 17.0 Å². The van der Waals surface area contributed by atoms with Gasteiger partial charge >= 0.3 is 0 Å². The summed E-state index contributed by atoms with van der Waals surface area (Å²) in [5.74, 6) is 1.86. The van der Waals surface area contributed by atoms with Gasteiger partial charge in [-0.25, -0.2) is 0 Å². The first-order chi connectivity index (χ1) is 11.4.